The van der Waals surface area contributed by atoms with Gasteiger partial charge in [0, 0.05) is 6.54 Å². The minimum absolute atomic E-state index is 0.304. The highest BCUT2D eigenvalue weighted by Crippen LogP contribution is 2.37. The van der Waals surface area contributed by atoms with Crippen LogP contribution in [-0.2, 0) is 9.31 Å². The lowest BCUT2D eigenvalue weighted by molar-refractivity contribution is 0.00578. The quantitative estimate of drug-likeness (QED) is 0.695. The third-order valence-corrected chi connectivity index (χ3v) is 4.60. The van der Waals surface area contributed by atoms with Crippen molar-refractivity contribution in [3.8, 4) is 0 Å². The third-order valence-electron chi connectivity index (χ3n) is 4.60. The molecule has 1 saturated heterocycles. The summed E-state index contributed by atoms with van der Waals surface area (Å²) in [5.41, 5.74) is 0.492. The van der Waals surface area contributed by atoms with Crippen LogP contribution in [0, 0.1) is 0 Å². The van der Waals surface area contributed by atoms with Crippen LogP contribution in [-0.4, -0.2) is 48.2 Å². The van der Waals surface area contributed by atoms with Gasteiger partial charge in [-0.1, -0.05) is 24.3 Å². The molecule has 2 rings (SSSR count). The smallest absolute Gasteiger partial charge is 0.399 e. The first-order valence-corrected chi connectivity index (χ1v) is 7.65. The molecule has 1 aliphatic rings. The fourth-order valence-electron chi connectivity index (χ4n) is 2.49. The highest BCUT2D eigenvalue weighted by atomic mass is 16.7. The van der Waals surface area contributed by atoms with Crippen molar-refractivity contribution >= 4 is 12.6 Å². The van der Waals surface area contributed by atoms with Crippen molar-refractivity contribution in [2.45, 2.75) is 51.1 Å². The zero-order valence-corrected chi connectivity index (χ0v) is 14.0. The van der Waals surface area contributed by atoms with Crippen LogP contribution in [0.25, 0.3) is 0 Å². The number of hydrogen-bond donors (Lipinski definition) is 3. The van der Waals surface area contributed by atoms with Crippen LogP contribution in [0.2, 0.25) is 0 Å². The van der Waals surface area contributed by atoms with E-state index in [1.165, 1.54) is 0 Å². The Bertz CT molecular complexity index is 505. The minimum Gasteiger partial charge on any atom is -0.399 e. The average Bonchev–Trinajstić information content (AvgIpc) is 2.67. The molecule has 1 aromatic carbocycles. The van der Waals surface area contributed by atoms with Crippen molar-refractivity contribution in [3.05, 3.63) is 29.8 Å². The molecule has 122 valence electrons. The lowest BCUT2D eigenvalue weighted by Gasteiger charge is -2.32. The molecule has 0 amide bonds. The number of benzene rings is 1. The number of likely N-dealkylation sites (N-methyl/N-ethyl adjacent to an activating group) is 1. The Morgan fingerprint density at radius 2 is 1.64 bits per heavy atom. The molecule has 5 nitrogen and oxygen atoms in total. The van der Waals surface area contributed by atoms with E-state index < -0.39 is 30.5 Å². The van der Waals surface area contributed by atoms with Crippen LogP contribution < -0.4 is 10.8 Å². The largest absolute Gasteiger partial charge is 0.495 e. The van der Waals surface area contributed by atoms with Gasteiger partial charge in [0.15, 0.2) is 0 Å². The van der Waals surface area contributed by atoms with Gasteiger partial charge in [-0.25, -0.2) is 0 Å². The molecule has 0 aromatic heterocycles. The molecule has 0 aliphatic carbocycles. The van der Waals surface area contributed by atoms with E-state index in [0.29, 0.717) is 12.1 Å². The summed E-state index contributed by atoms with van der Waals surface area (Å²) in [7, 11) is 1.17. The monoisotopic (exact) mass is 307 g/mol. The van der Waals surface area contributed by atoms with Crippen LogP contribution in [0.5, 0.6) is 0 Å². The van der Waals surface area contributed by atoms with Gasteiger partial charge in [0.25, 0.3) is 0 Å². The first-order chi connectivity index (χ1) is 10.2. The maximum atomic E-state index is 10.4. The predicted molar refractivity (Wildman–Crippen MR) is 87.1 cm³/mol. The summed E-state index contributed by atoms with van der Waals surface area (Å²) < 4.78 is 12.1. The van der Waals surface area contributed by atoms with Gasteiger partial charge in [0.2, 0.25) is 0 Å². The number of aliphatic hydroxyl groups is 2. The second-order valence-corrected chi connectivity index (χ2v) is 6.79. The molecule has 2 atom stereocenters. The molecular formula is C16H26BNO4. The summed E-state index contributed by atoms with van der Waals surface area (Å²) in [6, 6.07) is 7.37. The molecule has 1 heterocycles. The molecule has 6 heteroatoms. The highest BCUT2D eigenvalue weighted by Gasteiger charge is 2.52. The third kappa shape index (κ3) is 3.21. The Morgan fingerprint density at radius 1 is 1.09 bits per heavy atom. The minimum atomic E-state index is -0.998. The first kappa shape index (κ1) is 17.4. The molecule has 0 spiro atoms. The molecule has 22 heavy (non-hydrogen) atoms. The number of hydrogen-bond acceptors (Lipinski definition) is 5. The van der Waals surface area contributed by atoms with Crippen molar-refractivity contribution in [3.63, 3.8) is 0 Å². The normalized spacial score (nSPS) is 22.6. The molecule has 2 unspecified atom stereocenters. The standard InChI is InChI=1S/C16H26BNO4/c1-15(2)16(3,4)22-17(21-15)12-9-7-6-8-11(12)14(20)13(19)10-18-5/h6-9,13-14,18-20H,10H2,1-5H3. The first-order valence-electron chi connectivity index (χ1n) is 7.65. The summed E-state index contributed by atoms with van der Waals surface area (Å²) >= 11 is 0. The van der Waals surface area contributed by atoms with E-state index >= 15 is 0 Å². The Balaban J connectivity index is 2.30. The van der Waals surface area contributed by atoms with Crippen LogP contribution in [0.4, 0.5) is 0 Å². The Hall–Kier alpha value is -0.915. The fraction of sp³-hybridized carbons (Fsp3) is 0.625. The maximum Gasteiger partial charge on any atom is 0.495 e. The van der Waals surface area contributed by atoms with Crippen molar-refractivity contribution in [1.82, 2.24) is 5.32 Å². The van der Waals surface area contributed by atoms with Crippen LogP contribution in [0.15, 0.2) is 24.3 Å². The zero-order valence-electron chi connectivity index (χ0n) is 14.0. The van der Waals surface area contributed by atoms with Gasteiger partial charge in [-0.3, -0.25) is 0 Å². The van der Waals surface area contributed by atoms with E-state index in [1.54, 1.807) is 13.1 Å². The van der Waals surface area contributed by atoms with Crippen LogP contribution in [0.3, 0.4) is 0 Å². The lowest BCUT2D eigenvalue weighted by atomic mass is 9.74. The number of nitrogens with one attached hydrogen (secondary N) is 1. The summed E-state index contributed by atoms with van der Waals surface area (Å²) in [5.74, 6) is 0. The Morgan fingerprint density at radius 3 is 2.18 bits per heavy atom. The molecule has 1 fully saturated rings. The second kappa shape index (κ2) is 6.30. The van der Waals surface area contributed by atoms with E-state index in [0.717, 1.165) is 5.46 Å². The topological polar surface area (TPSA) is 71.0 Å². The molecule has 1 aromatic rings. The zero-order chi connectivity index (χ0) is 16.5. The van der Waals surface area contributed by atoms with Gasteiger partial charge < -0.3 is 24.8 Å². The van der Waals surface area contributed by atoms with E-state index in [9.17, 15) is 10.2 Å². The molecule has 3 N–H and O–H groups in total. The Labute approximate surface area is 132 Å². The molecule has 0 radical (unpaired) electrons. The maximum absolute atomic E-state index is 10.4. The van der Waals surface area contributed by atoms with Crippen molar-refractivity contribution in [2.75, 3.05) is 13.6 Å². The predicted octanol–water partition coefficient (Wildman–Crippen LogP) is 0.599. The highest BCUT2D eigenvalue weighted by molar-refractivity contribution is 6.62. The molecule has 0 bridgehead atoms. The van der Waals surface area contributed by atoms with Crippen molar-refractivity contribution < 1.29 is 19.5 Å². The molecule has 1 aliphatic heterocycles. The van der Waals surface area contributed by atoms with Gasteiger partial charge in [-0.15, -0.1) is 0 Å². The lowest BCUT2D eigenvalue weighted by Crippen LogP contribution is -2.41. The van der Waals surface area contributed by atoms with Gasteiger partial charge in [0.05, 0.1) is 17.3 Å². The SMILES string of the molecule is CNCC(O)C(O)c1ccccc1B1OC(C)(C)C(C)(C)O1. The van der Waals surface area contributed by atoms with Gasteiger partial charge >= 0.3 is 7.12 Å². The van der Waals surface area contributed by atoms with E-state index in [2.05, 4.69) is 5.32 Å². The van der Waals surface area contributed by atoms with Gasteiger partial charge in [0.1, 0.15) is 6.10 Å². The summed E-state index contributed by atoms with van der Waals surface area (Å²) in [6.07, 6.45) is -1.89. The molecular weight excluding hydrogens is 281 g/mol. The second-order valence-electron chi connectivity index (χ2n) is 6.79. The van der Waals surface area contributed by atoms with Crippen LogP contribution >= 0.6 is 0 Å². The number of aliphatic hydroxyl groups excluding tert-OH is 2. The Kier molecular flexibility index (Phi) is 4.99. The average molecular weight is 307 g/mol. The summed E-state index contributed by atoms with van der Waals surface area (Å²) in [6.45, 7) is 8.26. The molecule has 0 saturated carbocycles. The van der Waals surface area contributed by atoms with Crippen LogP contribution in [0.1, 0.15) is 39.4 Å². The van der Waals surface area contributed by atoms with E-state index in [1.807, 2.05) is 45.9 Å². The van der Waals surface area contributed by atoms with E-state index in [-0.39, 0.29) is 0 Å². The van der Waals surface area contributed by atoms with Crippen molar-refractivity contribution in [2.24, 2.45) is 0 Å². The van der Waals surface area contributed by atoms with Crippen molar-refractivity contribution in [1.29, 1.82) is 0 Å². The van der Waals surface area contributed by atoms with Gasteiger partial charge in [-0.05, 0) is 45.8 Å². The van der Waals surface area contributed by atoms with Gasteiger partial charge in [-0.2, -0.15) is 0 Å². The van der Waals surface area contributed by atoms with E-state index in [4.69, 9.17) is 9.31 Å². The summed E-state index contributed by atoms with van der Waals surface area (Å²) in [4.78, 5) is 0. The fourth-order valence-corrected chi connectivity index (χ4v) is 2.49. The number of rotatable bonds is 5. The summed E-state index contributed by atoms with van der Waals surface area (Å²) in [5, 5.41) is 23.3.